The van der Waals surface area contributed by atoms with E-state index in [-0.39, 0.29) is 17.2 Å². The van der Waals surface area contributed by atoms with Crippen molar-refractivity contribution in [3.05, 3.63) is 71.3 Å². The second-order valence-electron chi connectivity index (χ2n) is 8.74. The van der Waals surface area contributed by atoms with Crippen molar-refractivity contribution in [1.29, 1.82) is 0 Å². The molecule has 1 aliphatic rings. The summed E-state index contributed by atoms with van der Waals surface area (Å²) in [4.78, 5) is 12.7. The Labute approximate surface area is 221 Å². The molecule has 39 heavy (non-hydrogen) atoms. The number of phenolic OH excluding ortho intramolecular Hbond substituents is 5. The van der Waals surface area contributed by atoms with Crippen LogP contribution in [0.3, 0.4) is 0 Å². The SMILES string of the molecule is O=C(O[C@H]1[C@H](Oc2cc(O)cc(C=Cc3ccc(O)cc3)c2)O[C@H](CO)[C@@H](O)[C@@H]1O)c1cc(O)c(O)c(O)c1. The highest BCUT2D eigenvalue weighted by molar-refractivity contribution is 5.91. The molecule has 1 saturated heterocycles. The predicted molar refractivity (Wildman–Crippen MR) is 134 cm³/mol. The van der Waals surface area contributed by atoms with Crippen LogP contribution in [0, 0.1) is 0 Å². The molecule has 3 aromatic carbocycles. The van der Waals surface area contributed by atoms with Crippen molar-refractivity contribution in [3.63, 3.8) is 0 Å². The second-order valence-corrected chi connectivity index (χ2v) is 8.74. The van der Waals surface area contributed by atoms with E-state index in [0.29, 0.717) is 5.56 Å². The first-order chi connectivity index (χ1) is 18.5. The van der Waals surface area contributed by atoms with E-state index in [1.807, 2.05) is 0 Å². The maximum absolute atomic E-state index is 12.7. The van der Waals surface area contributed by atoms with Crippen LogP contribution < -0.4 is 4.74 Å². The molecule has 0 spiro atoms. The van der Waals surface area contributed by atoms with Gasteiger partial charge in [0.1, 0.15) is 35.6 Å². The van der Waals surface area contributed by atoms with Gasteiger partial charge in [-0.2, -0.15) is 0 Å². The molecule has 12 heteroatoms. The molecule has 206 valence electrons. The summed E-state index contributed by atoms with van der Waals surface area (Å²) in [6.45, 7) is -0.709. The van der Waals surface area contributed by atoms with Crippen LogP contribution in [-0.4, -0.2) is 84.1 Å². The third-order valence-corrected chi connectivity index (χ3v) is 5.90. The zero-order chi connectivity index (χ0) is 28.3. The number of hydrogen-bond acceptors (Lipinski definition) is 12. The minimum atomic E-state index is -1.80. The van der Waals surface area contributed by atoms with E-state index < -0.39 is 66.1 Å². The van der Waals surface area contributed by atoms with Gasteiger partial charge in [-0.3, -0.25) is 0 Å². The van der Waals surface area contributed by atoms with Crippen LogP contribution in [0.2, 0.25) is 0 Å². The molecule has 8 N–H and O–H groups in total. The van der Waals surface area contributed by atoms with E-state index in [4.69, 9.17) is 14.2 Å². The van der Waals surface area contributed by atoms with Crippen molar-refractivity contribution in [2.24, 2.45) is 0 Å². The van der Waals surface area contributed by atoms with Crippen molar-refractivity contribution in [1.82, 2.24) is 0 Å². The first-order valence-corrected chi connectivity index (χ1v) is 11.6. The molecule has 0 bridgehead atoms. The molecule has 0 aromatic heterocycles. The molecule has 12 nitrogen and oxygen atoms in total. The number of carbonyl (C=O) groups is 1. The lowest BCUT2D eigenvalue weighted by atomic mass is 9.99. The Kier molecular flexibility index (Phi) is 8.12. The summed E-state index contributed by atoms with van der Waals surface area (Å²) in [6.07, 6.45) is -4.68. The van der Waals surface area contributed by atoms with E-state index in [1.165, 1.54) is 30.3 Å². The summed E-state index contributed by atoms with van der Waals surface area (Å²) in [5.41, 5.74) is 0.846. The summed E-state index contributed by atoms with van der Waals surface area (Å²) in [6, 6.07) is 12.2. The third-order valence-electron chi connectivity index (χ3n) is 5.90. The van der Waals surface area contributed by atoms with Gasteiger partial charge < -0.3 is 55.1 Å². The number of aliphatic hydroxyl groups is 3. The Hall–Kier alpha value is -4.49. The number of hydrogen-bond donors (Lipinski definition) is 8. The molecular weight excluding hydrogens is 516 g/mol. The third kappa shape index (κ3) is 6.33. The fourth-order valence-electron chi connectivity index (χ4n) is 3.87. The lowest BCUT2D eigenvalue weighted by molar-refractivity contribution is -0.276. The summed E-state index contributed by atoms with van der Waals surface area (Å²) in [5.74, 6) is -3.70. The van der Waals surface area contributed by atoms with Crippen LogP contribution in [0.1, 0.15) is 21.5 Å². The van der Waals surface area contributed by atoms with E-state index in [2.05, 4.69) is 0 Å². The predicted octanol–water partition coefficient (Wildman–Crippen LogP) is 1.43. The molecule has 0 aliphatic carbocycles. The minimum Gasteiger partial charge on any atom is -0.508 e. The lowest BCUT2D eigenvalue weighted by Crippen LogP contribution is -2.61. The standard InChI is InChI=1S/C27H26O12/c28-12-21-23(34)24(35)25(39-26(36)15-9-19(31)22(33)20(32)10-15)27(38-21)37-18-8-14(7-17(30)11-18)2-1-13-3-5-16(29)6-4-13/h1-11,21,23-25,27-35H,12H2/t21-,23-,24+,25-,27-/m1/s1. The molecule has 0 saturated carbocycles. The monoisotopic (exact) mass is 542 g/mol. The molecule has 0 unspecified atom stereocenters. The molecular formula is C27H26O12. The van der Waals surface area contributed by atoms with Crippen LogP contribution in [0.5, 0.6) is 34.5 Å². The molecule has 1 fully saturated rings. The lowest BCUT2D eigenvalue weighted by Gasteiger charge is -2.41. The number of ether oxygens (including phenoxy) is 3. The normalized spacial score (nSPS) is 23.0. The highest BCUT2D eigenvalue weighted by atomic mass is 16.7. The quantitative estimate of drug-likeness (QED) is 0.121. The second kappa shape index (κ2) is 11.5. The van der Waals surface area contributed by atoms with Crippen molar-refractivity contribution >= 4 is 18.1 Å². The first-order valence-electron chi connectivity index (χ1n) is 11.6. The Bertz CT molecular complexity index is 1330. The fraction of sp³-hybridized carbons (Fsp3) is 0.222. The van der Waals surface area contributed by atoms with Crippen molar-refractivity contribution < 1.29 is 59.9 Å². The first kappa shape index (κ1) is 27.5. The fourth-order valence-corrected chi connectivity index (χ4v) is 3.87. The summed E-state index contributed by atoms with van der Waals surface area (Å²) in [7, 11) is 0. The van der Waals surface area contributed by atoms with Gasteiger partial charge in [-0.15, -0.1) is 0 Å². The number of phenols is 5. The van der Waals surface area contributed by atoms with E-state index in [1.54, 1.807) is 24.3 Å². The Balaban J connectivity index is 1.59. The van der Waals surface area contributed by atoms with Gasteiger partial charge in [0.25, 0.3) is 0 Å². The molecule has 1 heterocycles. The molecule has 4 rings (SSSR count). The maximum atomic E-state index is 12.7. The average molecular weight is 542 g/mol. The highest BCUT2D eigenvalue weighted by Crippen LogP contribution is 2.36. The van der Waals surface area contributed by atoms with Crippen molar-refractivity contribution in [3.8, 4) is 34.5 Å². The minimum absolute atomic E-state index is 0.0200. The van der Waals surface area contributed by atoms with Crippen LogP contribution in [-0.2, 0) is 9.47 Å². The zero-order valence-corrected chi connectivity index (χ0v) is 20.2. The molecule has 0 radical (unpaired) electrons. The highest BCUT2D eigenvalue weighted by Gasteiger charge is 2.48. The summed E-state index contributed by atoms with van der Waals surface area (Å²) < 4.78 is 16.6. The van der Waals surface area contributed by atoms with Gasteiger partial charge in [0.05, 0.1) is 12.2 Å². The molecule has 3 aromatic rings. The topological polar surface area (TPSA) is 207 Å². The molecule has 5 atom stereocenters. The number of aromatic hydroxyl groups is 5. The van der Waals surface area contributed by atoms with E-state index >= 15 is 0 Å². The van der Waals surface area contributed by atoms with Gasteiger partial charge in [-0.1, -0.05) is 24.3 Å². The van der Waals surface area contributed by atoms with Crippen molar-refractivity contribution in [2.45, 2.75) is 30.7 Å². The largest absolute Gasteiger partial charge is 0.508 e. The van der Waals surface area contributed by atoms with Gasteiger partial charge >= 0.3 is 5.97 Å². The Morgan fingerprint density at radius 3 is 2.10 bits per heavy atom. The molecule has 0 amide bonds. The van der Waals surface area contributed by atoms with Gasteiger partial charge in [0, 0.05) is 6.07 Å². The maximum Gasteiger partial charge on any atom is 0.339 e. The molecule has 1 aliphatic heterocycles. The van der Waals surface area contributed by atoms with Gasteiger partial charge in [0.15, 0.2) is 23.4 Å². The Morgan fingerprint density at radius 2 is 1.46 bits per heavy atom. The smallest absolute Gasteiger partial charge is 0.339 e. The number of esters is 1. The van der Waals surface area contributed by atoms with Crippen molar-refractivity contribution in [2.75, 3.05) is 6.61 Å². The van der Waals surface area contributed by atoms with E-state index in [0.717, 1.165) is 17.7 Å². The van der Waals surface area contributed by atoms with Gasteiger partial charge in [-0.05, 0) is 47.5 Å². The number of benzene rings is 3. The van der Waals surface area contributed by atoms with Crippen LogP contribution in [0.15, 0.2) is 54.6 Å². The summed E-state index contributed by atoms with van der Waals surface area (Å²) >= 11 is 0. The Morgan fingerprint density at radius 1 is 0.821 bits per heavy atom. The van der Waals surface area contributed by atoms with Crippen LogP contribution in [0.4, 0.5) is 0 Å². The summed E-state index contributed by atoms with van der Waals surface area (Å²) in [5, 5.41) is 79.1. The number of carbonyl (C=O) groups excluding carboxylic acids is 1. The number of rotatable bonds is 7. The van der Waals surface area contributed by atoms with Crippen LogP contribution >= 0.6 is 0 Å². The van der Waals surface area contributed by atoms with E-state index in [9.17, 15) is 45.6 Å². The van der Waals surface area contributed by atoms with Gasteiger partial charge in [0.2, 0.25) is 6.29 Å². The average Bonchev–Trinajstić information content (AvgIpc) is 2.90. The number of aliphatic hydroxyl groups excluding tert-OH is 3. The van der Waals surface area contributed by atoms with Gasteiger partial charge in [-0.25, -0.2) is 4.79 Å². The van der Waals surface area contributed by atoms with Crippen LogP contribution in [0.25, 0.3) is 12.2 Å². The zero-order valence-electron chi connectivity index (χ0n) is 20.2.